The molecule has 6 aromatic rings. The van der Waals surface area contributed by atoms with Gasteiger partial charge >= 0.3 is 5.97 Å². The minimum Gasteiger partial charge on any atom is -0.508 e. The van der Waals surface area contributed by atoms with E-state index in [0.29, 0.717) is 70.6 Å². The first-order chi connectivity index (χ1) is 62.1. The van der Waals surface area contributed by atoms with Gasteiger partial charge in [0, 0.05) is 106 Å². The number of unbranched alkanes of at least 4 members (excludes halogenated alkanes) is 3. The van der Waals surface area contributed by atoms with Crippen LogP contribution in [-0.4, -0.2) is 310 Å². The smallest absolute Gasteiger partial charge is 0.305 e. The molecule has 6 heterocycles. The number of rotatable bonds is 24. The first-order valence-electron chi connectivity index (χ1n) is 43.8. The highest BCUT2D eigenvalue weighted by Crippen LogP contribution is 2.28. The summed E-state index contributed by atoms with van der Waals surface area (Å²) in [5.41, 5.74) is 14.2. The minimum atomic E-state index is -1.92. The molecule has 0 radical (unpaired) electrons. The fraction of sp³-hybridized carbons (Fsp3) is 0.523. The van der Waals surface area contributed by atoms with Gasteiger partial charge in [-0.3, -0.25) is 81.5 Å². The van der Waals surface area contributed by atoms with Gasteiger partial charge < -0.3 is 119 Å². The maximum absolute atomic E-state index is 15.6. The number of aromatic hydroxyl groups is 1. The lowest BCUT2D eigenvalue weighted by Crippen LogP contribution is -2.61. The molecule has 3 fully saturated rings. The topological polar surface area (TPSA) is 600 Å². The van der Waals surface area contributed by atoms with Crippen LogP contribution >= 0.6 is 11.8 Å². The molecule has 20 N–H and O–H groups in total. The Balaban J connectivity index is 1.07. The minimum absolute atomic E-state index is 0.0196. The predicted octanol–water partition coefficient (Wildman–Crippen LogP) is -1.46. The maximum Gasteiger partial charge on any atom is 0.305 e. The Bertz CT molecular complexity index is 5010. The lowest BCUT2D eigenvalue weighted by atomic mass is 10.00. The number of carbonyl (C=O) groups is 17. The zero-order valence-corrected chi connectivity index (χ0v) is 74.8. The second-order valence-electron chi connectivity index (χ2n) is 33.0. The molecule has 9 rings (SSSR count). The number of likely N-dealkylation sites (N-methyl/N-ethyl adjacent to an activating group) is 3. The lowest BCUT2D eigenvalue weighted by Gasteiger charge is -2.36. The van der Waals surface area contributed by atoms with E-state index in [1.54, 1.807) is 60.9 Å². The van der Waals surface area contributed by atoms with Gasteiger partial charge in [0.25, 0.3) is 0 Å². The van der Waals surface area contributed by atoms with E-state index < -0.39 is 210 Å². The second kappa shape index (κ2) is 48.4. The number of aliphatic hydroxyl groups excluding tert-OH is 1. The Morgan fingerprint density at radius 2 is 1.04 bits per heavy atom. The van der Waals surface area contributed by atoms with E-state index in [1.807, 2.05) is 13.8 Å². The molecule has 0 spiro atoms. The Morgan fingerprint density at radius 1 is 0.523 bits per heavy atom. The molecule has 42 heteroatoms. The number of nitrogens with one attached hydrogen (secondary N) is 13. The van der Waals surface area contributed by atoms with E-state index in [4.69, 9.17) is 11.5 Å². The fourth-order valence-corrected chi connectivity index (χ4v) is 17.0. The molecular weight excluding hydrogens is 1700 g/mol. The van der Waals surface area contributed by atoms with Crippen LogP contribution in [0.15, 0.2) is 97.7 Å². The standard InChI is InChI=1S/C88H121N21O20S/c1-8-10-25-68-81(122)96-49(3)75(116)104-67(77(118)94-44-72(90)112)46-130-47-73(113)97-63(36-51-29-31-55(111)32-30-51)84(125)105(5)50(4)76(117)98-60(24-16-17-33-89)86(127)108-34-18-27-69(108)83(124)100-62(39-54-43-91-48-95-54)79(120)102-65(40-74(114)115)87(128)109-35-19-28-70(109)82(123)99-61(37-52-41-92-58-22-14-12-20-56(52)58)78(119)103-66(45-110)80(121)101-64(38-53-42-93-59-23-15-13-21-57(53)59)85(126)107(7)71(26-11-9-2)88(129)106(68)6/h12-15,20-23,29-32,41-43,48-50,60-71,92-93,110-111H,8-11,16-19,24-28,33-40,44-47,89H2,1-7H3,(H2,90,112)(H,91,95)(H,94,118)(H,96,122)(H,97,113)(H,98,117)(H,99,123)(H,100,124)(H,101,121)(H,102,120)(H,103,119)(H,104,116)(H,114,115)/t49-,50-,60-,61-,62-,63-,64-,65-,66-,67-,68-,69-,70-,71-/m0/s1. The molecular formula is C88H121N21O20S. The molecule has 14 atom stereocenters. The van der Waals surface area contributed by atoms with Gasteiger partial charge in [-0.05, 0) is 119 Å². The first kappa shape index (κ1) is 101. The van der Waals surface area contributed by atoms with Crippen molar-refractivity contribution in [2.24, 2.45) is 11.5 Å². The SMILES string of the molecule is CCCC[C@H]1C(=O)N(C)[C@@H](CCCC)C(=O)N[C@@H](C)C(=O)N[C@H](C(=O)NCC(N)=O)CSCC(=O)N[C@@H](Cc2ccc(O)cc2)C(=O)N(C)[C@@H](C)C(=O)N[C@@H](CCCCN)C(=O)N2CCC[C@H]2C(=O)N[C@@H](Cc2c[nH]cn2)C(=O)N[C@@H](CC(=O)O)C(=O)N2CCC[C@H]2C(=O)N[C@@H](Cc2c[nH]c3ccccc23)C(=O)N[C@@H](CO)C(=O)N[C@@H](Cc2c[nH]c3ccccc23)C(=O)N1C. The summed E-state index contributed by atoms with van der Waals surface area (Å²) in [5.74, 6) is -17.0. The van der Waals surface area contributed by atoms with Gasteiger partial charge in [-0.2, -0.15) is 0 Å². The number of fused-ring (bicyclic) bond motifs is 4. The number of aliphatic hydroxyl groups is 1. The van der Waals surface area contributed by atoms with Crippen LogP contribution < -0.4 is 64.6 Å². The van der Waals surface area contributed by atoms with Crippen LogP contribution in [-0.2, 0) is 107 Å². The molecule has 16 amide bonds. The molecule has 3 aliphatic rings. The van der Waals surface area contributed by atoms with Crippen molar-refractivity contribution in [1.82, 2.24) is 97.6 Å². The van der Waals surface area contributed by atoms with Gasteiger partial charge in [-0.1, -0.05) is 88.1 Å². The molecule has 3 aromatic heterocycles. The number of phenols is 1. The number of carbonyl (C=O) groups excluding carboxylic acids is 16. The average Bonchev–Trinajstić information content (AvgIpc) is 1.47. The number of phenolic OH excluding ortho intramolecular Hbond substituents is 1. The average molecular weight is 1830 g/mol. The summed E-state index contributed by atoms with van der Waals surface area (Å²) in [6.45, 7) is 4.59. The summed E-state index contributed by atoms with van der Waals surface area (Å²) in [7, 11) is 4.00. The Hall–Kier alpha value is -13.0. The summed E-state index contributed by atoms with van der Waals surface area (Å²) >= 11 is 0.804. The van der Waals surface area contributed by atoms with Crippen LogP contribution in [0.25, 0.3) is 21.8 Å². The number of carboxylic acid groups (broad SMARTS) is 1. The van der Waals surface area contributed by atoms with Crippen LogP contribution in [0.1, 0.15) is 140 Å². The number of hydrogen-bond donors (Lipinski definition) is 18. The van der Waals surface area contributed by atoms with E-state index in [-0.39, 0.29) is 114 Å². The van der Waals surface area contributed by atoms with Gasteiger partial charge in [-0.25, -0.2) is 4.98 Å². The highest BCUT2D eigenvalue weighted by molar-refractivity contribution is 8.00. The molecule has 0 aliphatic carbocycles. The maximum atomic E-state index is 15.6. The molecule has 704 valence electrons. The third kappa shape index (κ3) is 27.3. The summed E-state index contributed by atoms with van der Waals surface area (Å²) in [6.07, 6.45) is 6.61. The van der Waals surface area contributed by atoms with Gasteiger partial charge in [0.2, 0.25) is 94.5 Å². The van der Waals surface area contributed by atoms with E-state index in [2.05, 4.69) is 73.1 Å². The Kier molecular flexibility index (Phi) is 37.5. The van der Waals surface area contributed by atoms with Crippen molar-refractivity contribution in [3.63, 3.8) is 0 Å². The van der Waals surface area contributed by atoms with Crippen molar-refractivity contribution in [3.05, 3.63) is 120 Å². The van der Waals surface area contributed by atoms with Crippen molar-refractivity contribution in [2.75, 3.05) is 65.4 Å². The van der Waals surface area contributed by atoms with Gasteiger partial charge in [0.05, 0.1) is 37.3 Å². The number of hydrogen-bond acceptors (Lipinski definition) is 22. The number of imidazole rings is 1. The number of para-hydroxylation sites is 2. The highest BCUT2D eigenvalue weighted by Gasteiger charge is 2.45. The number of aromatic nitrogens is 4. The van der Waals surface area contributed by atoms with E-state index in [9.17, 15) is 63.3 Å². The Morgan fingerprint density at radius 3 is 1.60 bits per heavy atom. The number of nitrogens with two attached hydrogens (primary N) is 2. The van der Waals surface area contributed by atoms with Crippen LogP contribution in [0.5, 0.6) is 5.75 Å². The number of aromatic amines is 3. The lowest BCUT2D eigenvalue weighted by molar-refractivity contribution is -0.149. The number of thioether (sulfide) groups is 1. The fourth-order valence-electron chi connectivity index (χ4n) is 16.1. The third-order valence-corrected chi connectivity index (χ3v) is 24.7. The van der Waals surface area contributed by atoms with Crippen LogP contribution in [0.2, 0.25) is 0 Å². The van der Waals surface area contributed by atoms with E-state index in [0.717, 1.165) is 31.4 Å². The molecule has 3 saturated heterocycles. The molecule has 130 heavy (non-hydrogen) atoms. The number of primary amides is 1. The summed E-state index contributed by atoms with van der Waals surface area (Å²) in [6, 6.07) is -1.42. The van der Waals surface area contributed by atoms with E-state index in [1.165, 1.54) is 76.7 Å². The van der Waals surface area contributed by atoms with E-state index >= 15 is 33.6 Å². The highest BCUT2D eigenvalue weighted by atomic mass is 32.2. The van der Waals surface area contributed by atoms with Gasteiger partial charge in [-0.15, -0.1) is 11.8 Å². The van der Waals surface area contributed by atoms with Gasteiger partial charge in [0.1, 0.15) is 90.3 Å². The molecule has 41 nitrogen and oxygen atoms in total. The largest absolute Gasteiger partial charge is 0.508 e. The van der Waals surface area contributed by atoms with Crippen LogP contribution in [0.3, 0.4) is 0 Å². The monoisotopic (exact) mass is 1820 g/mol. The summed E-state index contributed by atoms with van der Waals surface area (Å²) in [5, 5.41) is 59.3. The van der Waals surface area contributed by atoms with Crippen LogP contribution in [0.4, 0.5) is 0 Å². The molecule has 3 aromatic carbocycles. The zero-order valence-electron chi connectivity index (χ0n) is 74.0. The third-order valence-electron chi connectivity index (χ3n) is 23.6. The van der Waals surface area contributed by atoms with Gasteiger partial charge in [0.15, 0.2) is 0 Å². The number of H-pyrrole nitrogens is 3. The number of nitrogens with zero attached hydrogens (tertiary/aromatic N) is 6. The zero-order chi connectivity index (χ0) is 94.6. The molecule has 0 saturated carbocycles. The number of carboxylic acids is 1. The first-order valence-corrected chi connectivity index (χ1v) is 45.0. The Labute approximate surface area is 755 Å². The normalized spacial score (nSPS) is 24.7. The second-order valence-corrected chi connectivity index (χ2v) is 34.1. The van der Waals surface area contributed by atoms with Crippen LogP contribution in [0, 0.1) is 0 Å². The summed E-state index contributed by atoms with van der Waals surface area (Å²) < 4.78 is 0. The molecule has 0 unspecified atom stereocenters. The molecule has 3 aliphatic heterocycles. The quantitative estimate of drug-likeness (QED) is 0.0308. The van der Waals surface area contributed by atoms with Crippen molar-refractivity contribution in [1.29, 1.82) is 0 Å². The predicted molar refractivity (Wildman–Crippen MR) is 477 cm³/mol. The number of benzene rings is 3. The van der Waals surface area contributed by atoms with Crippen molar-refractivity contribution < 1.29 is 96.8 Å². The number of amides is 16. The van der Waals surface area contributed by atoms with Crippen molar-refractivity contribution in [3.8, 4) is 5.75 Å². The van der Waals surface area contributed by atoms with Crippen molar-refractivity contribution >= 4 is 134 Å². The summed E-state index contributed by atoms with van der Waals surface area (Å²) in [4.78, 5) is 267. The van der Waals surface area contributed by atoms with Crippen molar-refractivity contribution in [2.45, 2.75) is 228 Å². The number of aliphatic carboxylic acids is 1. The molecule has 0 bridgehead atoms.